The lowest BCUT2D eigenvalue weighted by Gasteiger charge is -2.35. The molecule has 1 aromatic heterocycles. The van der Waals surface area contributed by atoms with E-state index in [0.29, 0.717) is 29.5 Å². The number of hydrogen-bond acceptors (Lipinski definition) is 15. The molecule has 2 aliphatic rings. The van der Waals surface area contributed by atoms with Crippen molar-refractivity contribution in [3.63, 3.8) is 0 Å². The highest BCUT2D eigenvalue weighted by Crippen LogP contribution is 2.26. The SMILES string of the molecule is CC[C@H](C)[C@@H]1CCC(=O)O[C@@H](C(C)C)C(=O)[C@H](C)C(=O)N[C@@H](CC(C)C)C(=O)N2CCC[C@H]2C(=O)N(C)[C@@H](Cc2ccc(OC)cc2)C(=O)O[C@H](C)[C@H](NC(=O)[C@@H](CC(C)C)N(C)C(=O)CNC(=O)c2cc3ccccc3oc2=O)C(=O)N1. The van der Waals surface area contributed by atoms with E-state index in [1.807, 2.05) is 41.5 Å². The summed E-state index contributed by atoms with van der Waals surface area (Å²) in [5.41, 5.74) is -0.422. The molecule has 7 amide bonds. The molecular formula is C61H85N7O15. The normalized spacial score (nSPS) is 23.7. The number of methoxy groups -OCH3 is 1. The Labute approximate surface area is 485 Å². The first-order valence-corrected chi connectivity index (χ1v) is 28.8. The van der Waals surface area contributed by atoms with Gasteiger partial charge in [0, 0.05) is 44.9 Å². The van der Waals surface area contributed by atoms with E-state index < -0.39 is 132 Å². The van der Waals surface area contributed by atoms with Crippen LogP contribution in [-0.2, 0) is 59.0 Å². The number of cyclic esters (lactones) is 2. The Kier molecular flexibility index (Phi) is 24.0. The molecular weight excluding hydrogens is 1070 g/mol. The third kappa shape index (κ3) is 17.4. The highest BCUT2D eigenvalue weighted by molar-refractivity contribution is 6.05. The Morgan fingerprint density at radius 3 is 2.14 bits per heavy atom. The maximum atomic E-state index is 15.0. The quantitative estimate of drug-likeness (QED) is 0.0872. The maximum Gasteiger partial charge on any atom is 0.349 e. The van der Waals surface area contributed by atoms with E-state index in [2.05, 4.69) is 21.3 Å². The van der Waals surface area contributed by atoms with Gasteiger partial charge in [-0.3, -0.25) is 43.2 Å². The Hall–Kier alpha value is -7.65. The van der Waals surface area contributed by atoms with Crippen LogP contribution in [-0.4, -0.2) is 157 Å². The van der Waals surface area contributed by atoms with E-state index >= 15 is 0 Å². The minimum absolute atomic E-state index is 0.0168. The molecule has 4 N–H and O–H groups in total. The summed E-state index contributed by atoms with van der Waals surface area (Å²) in [4.78, 5) is 160. The largest absolute Gasteiger partial charge is 0.497 e. The standard InChI is InChI=1S/C61H85N7O15/c1-14-36(8)43-25-26-50(70)83-53(35(6)7)52(71)37(9)54(72)64-44(28-33(2)3)58(76)68-27-17-19-45(68)59(77)67(12)47(30-39-21-23-41(80-13)24-22-39)61(79)81-38(10)51(57(75)63-43)65-56(74)46(29-34(4)5)66(11)49(69)32-62-55(73)42-31-40-18-15-16-20-48(40)82-60(42)78/h15-16,18,20-24,31,33-38,43-47,51,53H,14,17,19,25-30,32H2,1-13H3,(H,62,73)(H,63,75)(H,64,72)(H,65,74)/t36-,37-,38+,43-,44-,45-,46+,47-,51-,53-/m0/s1. The fraction of sp³-hybridized carbons (Fsp3) is 0.590. The monoisotopic (exact) mass is 1160 g/mol. The van der Waals surface area contributed by atoms with Gasteiger partial charge in [0.1, 0.15) is 53.2 Å². The summed E-state index contributed by atoms with van der Waals surface area (Å²) in [6.07, 6.45) is -1.95. The average Bonchev–Trinajstić information content (AvgIpc) is 4.04. The number of rotatable bonds is 16. The summed E-state index contributed by atoms with van der Waals surface area (Å²) < 4.78 is 22.7. The molecule has 2 aliphatic heterocycles. The summed E-state index contributed by atoms with van der Waals surface area (Å²) in [6, 6.07) is 7.32. The number of likely N-dealkylation sites (N-methyl/N-ethyl adjacent to an activating group) is 2. The van der Waals surface area contributed by atoms with Gasteiger partial charge >= 0.3 is 17.6 Å². The molecule has 454 valence electrons. The van der Waals surface area contributed by atoms with Crippen LogP contribution in [0.15, 0.2) is 63.8 Å². The van der Waals surface area contributed by atoms with Crippen molar-refractivity contribution >= 4 is 70.0 Å². The van der Waals surface area contributed by atoms with Gasteiger partial charge in [0.25, 0.3) is 5.91 Å². The third-order valence-corrected chi connectivity index (χ3v) is 15.6. The number of para-hydroxylation sites is 1. The number of amides is 7. The molecule has 0 spiro atoms. The van der Waals surface area contributed by atoms with Crippen LogP contribution in [0.3, 0.4) is 0 Å². The predicted octanol–water partition coefficient (Wildman–Crippen LogP) is 4.51. The molecule has 2 aromatic carbocycles. The van der Waals surface area contributed by atoms with Crippen molar-refractivity contribution < 1.29 is 66.6 Å². The Morgan fingerprint density at radius 2 is 1.52 bits per heavy atom. The number of carbonyl (C=O) groups is 10. The summed E-state index contributed by atoms with van der Waals surface area (Å²) in [5, 5.41) is 11.4. The number of ketones is 1. The first-order valence-electron chi connectivity index (χ1n) is 28.8. The van der Waals surface area contributed by atoms with Crippen molar-refractivity contribution in [1.82, 2.24) is 36.0 Å². The van der Waals surface area contributed by atoms with Gasteiger partial charge in [0.2, 0.25) is 35.4 Å². The fourth-order valence-corrected chi connectivity index (χ4v) is 10.3. The number of Topliss-reactive ketones (excluding diaryl/α,β-unsaturated/α-hetero) is 1. The lowest BCUT2D eigenvalue weighted by Crippen LogP contribution is -2.61. The minimum atomic E-state index is -1.69. The second kappa shape index (κ2) is 30.1. The van der Waals surface area contributed by atoms with Crippen LogP contribution in [0.25, 0.3) is 11.0 Å². The number of nitrogens with zero attached hydrogens (tertiary/aromatic N) is 3. The topological polar surface area (TPSA) is 286 Å². The molecule has 0 bridgehead atoms. The zero-order valence-electron chi connectivity index (χ0n) is 50.2. The Morgan fingerprint density at radius 1 is 0.843 bits per heavy atom. The van der Waals surface area contributed by atoms with E-state index in [9.17, 15) is 52.7 Å². The van der Waals surface area contributed by atoms with Crippen LogP contribution in [0, 0.1) is 29.6 Å². The summed E-state index contributed by atoms with van der Waals surface area (Å²) in [7, 11) is 4.25. The van der Waals surface area contributed by atoms with Crippen LogP contribution in [0.5, 0.6) is 5.75 Å². The first-order chi connectivity index (χ1) is 39.2. The number of hydrogen-bond donors (Lipinski definition) is 4. The molecule has 0 aliphatic carbocycles. The molecule has 3 aromatic rings. The highest BCUT2D eigenvalue weighted by Gasteiger charge is 2.44. The zero-order valence-corrected chi connectivity index (χ0v) is 50.2. The summed E-state index contributed by atoms with van der Waals surface area (Å²) >= 11 is 0. The molecule has 10 atom stereocenters. The maximum absolute atomic E-state index is 15.0. The van der Waals surface area contributed by atoms with E-state index in [4.69, 9.17) is 18.6 Å². The van der Waals surface area contributed by atoms with Crippen molar-refractivity contribution in [2.45, 2.75) is 169 Å². The average molecular weight is 1160 g/mol. The summed E-state index contributed by atoms with van der Waals surface area (Å²) in [6.45, 7) is 16.6. The van der Waals surface area contributed by atoms with Gasteiger partial charge in [0.05, 0.1) is 19.6 Å². The first kappa shape index (κ1) is 66.2. The number of benzene rings is 2. The van der Waals surface area contributed by atoms with Gasteiger partial charge in [-0.05, 0) is 99.5 Å². The minimum Gasteiger partial charge on any atom is -0.497 e. The second-order valence-corrected chi connectivity index (χ2v) is 23.2. The van der Waals surface area contributed by atoms with Crippen molar-refractivity contribution in [2.24, 2.45) is 29.6 Å². The van der Waals surface area contributed by atoms with Crippen molar-refractivity contribution in [3.05, 3.63) is 76.1 Å². The van der Waals surface area contributed by atoms with Crippen LogP contribution >= 0.6 is 0 Å². The van der Waals surface area contributed by atoms with Gasteiger partial charge in [-0.2, -0.15) is 0 Å². The van der Waals surface area contributed by atoms with E-state index in [-0.39, 0.29) is 74.0 Å². The third-order valence-electron chi connectivity index (χ3n) is 15.6. The van der Waals surface area contributed by atoms with Gasteiger partial charge < -0.3 is 54.6 Å². The van der Waals surface area contributed by atoms with Crippen LogP contribution in [0.1, 0.15) is 130 Å². The van der Waals surface area contributed by atoms with Gasteiger partial charge in [0.15, 0.2) is 11.9 Å². The van der Waals surface area contributed by atoms with E-state index in [1.165, 1.54) is 50.9 Å². The molecule has 22 nitrogen and oxygen atoms in total. The number of ether oxygens (including phenoxy) is 3. The van der Waals surface area contributed by atoms with E-state index in [1.54, 1.807) is 62.4 Å². The smallest absolute Gasteiger partial charge is 0.349 e. The van der Waals surface area contributed by atoms with Gasteiger partial charge in [-0.25, -0.2) is 9.59 Å². The fourth-order valence-electron chi connectivity index (χ4n) is 10.3. The molecule has 2 saturated heterocycles. The number of esters is 2. The van der Waals surface area contributed by atoms with Gasteiger partial charge in [-0.1, -0.05) is 92.1 Å². The summed E-state index contributed by atoms with van der Waals surface area (Å²) in [5.74, 6) is -9.76. The van der Waals surface area contributed by atoms with Crippen LogP contribution in [0.4, 0.5) is 0 Å². The molecule has 3 heterocycles. The zero-order chi connectivity index (χ0) is 61.6. The Balaban J connectivity index is 1.56. The Bertz CT molecular complexity index is 2890. The number of carbonyl (C=O) groups excluding carboxylic acids is 10. The second-order valence-electron chi connectivity index (χ2n) is 23.2. The molecule has 0 saturated carbocycles. The highest BCUT2D eigenvalue weighted by atomic mass is 16.6. The van der Waals surface area contributed by atoms with Crippen LogP contribution < -0.4 is 31.6 Å². The molecule has 2 fully saturated rings. The number of fused-ring (bicyclic) bond motifs is 2. The predicted molar refractivity (Wildman–Crippen MR) is 307 cm³/mol. The molecule has 5 rings (SSSR count). The molecule has 22 heteroatoms. The lowest BCUT2D eigenvalue weighted by atomic mass is 9.92. The molecule has 83 heavy (non-hydrogen) atoms. The van der Waals surface area contributed by atoms with E-state index in [0.717, 1.165) is 4.90 Å². The van der Waals surface area contributed by atoms with Crippen molar-refractivity contribution in [2.75, 3.05) is 34.3 Å². The molecule has 0 unspecified atom stereocenters. The van der Waals surface area contributed by atoms with Crippen molar-refractivity contribution in [1.29, 1.82) is 0 Å². The van der Waals surface area contributed by atoms with Crippen LogP contribution in [0.2, 0.25) is 0 Å². The van der Waals surface area contributed by atoms with Gasteiger partial charge in [-0.15, -0.1) is 0 Å². The van der Waals surface area contributed by atoms with Crippen molar-refractivity contribution in [3.8, 4) is 5.75 Å². The number of nitrogens with one attached hydrogen (secondary N) is 4. The lowest BCUT2D eigenvalue weighted by molar-refractivity contribution is -0.162. The molecule has 0 radical (unpaired) electrons.